The summed E-state index contributed by atoms with van der Waals surface area (Å²) >= 11 is 0. The molecular weight excluding hydrogens is 408 g/mol. The lowest BCUT2D eigenvalue weighted by Gasteiger charge is -2.34. The fraction of sp³-hybridized carbons (Fsp3) is 0.542. The molecule has 0 radical (unpaired) electrons. The Morgan fingerprint density at radius 1 is 1.16 bits per heavy atom. The van der Waals surface area contributed by atoms with E-state index in [2.05, 4.69) is 30.8 Å². The maximum absolute atomic E-state index is 13.1. The van der Waals surface area contributed by atoms with Crippen molar-refractivity contribution in [2.24, 2.45) is 5.92 Å². The highest BCUT2D eigenvalue weighted by atomic mass is 16.5. The topological polar surface area (TPSA) is 79.1 Å². The first-order valence-corrected chi connectivity index (χ1v) is 11.3. The third kappa shape index (κ3) is 6.09. The maximum Gasteiger partial charge on any atom is 0.276 e. The average molecular weight is 443 g/mol. The Bertz CT molecular complexity index is 886. The molecule has 1 aliphatic heterocycles. The first kappa shape index (κ1) is 23.8. The van der Waals surface area contributed by atoms with Crippen LogP contribution >= 0.6 is 0 Å². The number of carbonyl (C=O) groups excluding carboxylic acids is 2. The van der Waals surface area contributed by atoms with E-state index >= 15 is 0 Å². The van der Waals surface area contributed by atoms with E-state index in [0.29, 0.717) is 25.3 Å². The minimum absolute atomic E-state index is 0.0985. The summed E-state index contributed by atoms with van der Waals surface area (Å²) < 4.78 is 10.6. The normalized spacial score (nSPS) is 14.6. The number of ether oxygens (including phenoxy) is 1. The molecule has 2 heterocycles. The van der Waals surface area contributed by atoms with Gasteiger partial charge >= 0.3 is 0 Å². The zero-order valence-corrected chi connectivity index (χ0v) is 19.5. The smallest absolute Gasteiger partial charge is 0.276 e. The Morgan fingerprint density at radius 2 is 1.84 bits per heavy atom. The molecule has 0 unspecified atom stereocenters. The van der Waals surface area contributed by atoms with Gasteiger partial charge in [0, 0.05) is 57.3 Å². The van der Waals surface area contributed by atoms with Gasteiger partial charge in [-0.3, -0.25) is 9.59 Å². The number of aromatic nitrogens is 1. The third-order valence-corrected chi connectivity index (χ3v) is 5.74. The summed E-state index contributed by atoms with van der Waals surface area (Å²) in [5.41, 5.74) is 1.06. The van der Waals surface area contributed by atoms with Crippen molar-refractivity contribution in [3.63, 3.8) is 0 Å². The molecule has 2 aromatic rings. The van der Waals surface area contributed by atoms with E-state index in [-0.39, 0.29) is 23.4 Å². The molecule has 32 heavy (non-hydrogen) atoms. The number of hydrogen-bond acceptors (Lipinski definition) is 6. The van der Waals surface area contributed by atoms with Crippen molar-refractivity contribution >= 4 is 11.8 Å². The monoisotopic (exact) mass is 442 g/mol. The van der Waals surface area contributed by atoms with Crippen molar-refractivity contribution in [1.29, 1.82) is 0 Å². The van der Waals surface area contributed by atoms with Crippen molar-refractivity contribution in [2.75, 3.05) is 52.9 Å². The van der Waals surface area contributed by atoms with Gasteiger partial charge in [0.15, 0.2) is 11.5 Å². The summed E-state index contributed by atoms with van der Waals surface area (Å²) in [6.45, 7) is 11.5. The number of methoxy groups -OCH3 is 1. The number of amides is 2. The number of rotatable bonds is 9. The molecule has 1 fully saturated rings. The zero-order valence-electron chi connectivity index (χ0n) is 19.5. The summed E-state index contributed by atoms with van der Waals surface area (Å²) in [6, 6.07) is 9.03. The Hall–Kier alpha value is -2.87. The first-order chi connectivity index (χ1) is 15.4. The van der Waals surface area contributed by atoms with Crippen LogP contribution in [0.2, 0.25) is 0 Å². The largest absolute Gasteiger partial charge is 0.497 e. The van der Waals surface area contributed by atoms with E-state index in [1.165, 1.54) is 0 Å². The average Bonchev–Trinajstić information content (AvgIpc) is 3.31. The van der Waals surface area contributed by atoms with Crippen LogP contribution in [0.3, 0.4) is 0 Å². The van der Waals surface area contributed by atoms with Gasteiger partial charge < -0.3 is 24.0 Å². The lowest BCUT2D eigenvalue weighted by Crippen LogP contribution is -2.49. The second-order valence-electron chi connectivity index (χ2n) is 8.51. The summed E-state index contributed by atoms with van der Waals surface area (Å²) in [6.07, 6.45) is 0.313. The van der Waals surface area contributed by atoms with Crippen LogP contribution in [0.1, 0.15) is 37.7 Å². The quantitative estimate of drug-likeness (QED) is 0.594. The van der Waals surface area contributed by atoms with Crippen molar-refractivity contribution in [3.05, 3.63) is 36.0 Å². The fourth-order valence-electron chi connectivity index (χ4n) is 3.85. The summed E-state index contributed by atoms with van der Waals surface area (Å²) in [4.78, 5) is 31.8. The van der Waals surface area contributed by atoms with Crippen molar-refractivity contribution < 1.29 is 18.8 Å². The van der Waals surface area contributed by atoms with Crippen LogP contribution in [0.15, 0.2) is 34.9 Å². The Morgan fingerprint density at radius 3 is 2.44 bits per heavy atom. The summed E-state index contributed by atoms with van der Waals surface area (Å²) in [5, 5.41) is 4.00. The van der Waals surface area contributed by atoms with Gasteiger partial charge in [0.25, 0.3) is 5.91 Å². The molecule has 2 amide bonds. The number of benzene rings is 1. The molecule has 0 N–H and O–H groups in total. The Balaban J connectivity index is 1.63. The van der Waals surface area contributed by atoms with Gasteiger partial charge in [-0.25, -0.2) is 0 Å². The van der Waals surface area contributed by atoms with Crippen LogP contribution in [0, 0.1) is 5.92 Å². The number of likely N-dealkylation sites (N-methyl/N-ethyl adjacent to an activating group) is 1. The van der Waals surface area contributed by atoms with Crippen molar-refractivity contribution in [2.45, 2.75) is 27.2 Å². The molecule has 0 saturated carbocycles. The summed E-state index contributed by atoms with van der Waals surface area (Å²) in [5.74, 6) is 1.42. The van der Waals surface area contributed by atoms with Crippen LogP contribution in [0.5, 0.6) is 5.75 Å². The second kappa shape index (κ2) is 11.1. The molecule has 174 valence electrons. The van der Waals surface area contributed by atoms with Crippen LogP contribution in [-0.4, -0.2) is 84.6 Å². The third-order valence-electron chi connectivity index (χ3n) is 5.74. The highest BCUT2D eigenvalue weighted by molar-refractivity contribution is 5.93. The first-order valence-electron chi connectivity index (χ1n) is 11.3. The van der Waals surface area contributed by atoms with E-state index < -0.39 is 0 Å². The molecular formula is C24H34N4O4. The van der Waals surface area contributed by atoms with Gasteiger partial charge in [0.2, 0.25) is 5.91 Å². The number of piperazine rings is 1. The second-order valence-corrected chi connectivity index (χ2v) is 8.51. The van der Waals surface area contributed by atoms with E-state index in [0.717, 1.165) is 44.0 Å². The maximum atomic E-state index is 13.1. The van der Waals surface area contributed by atoms with Crippen molar-refractivity contribution in [1.82, 2.24) is 19.9 Å². The van der Waals surface area contributed by atoms with E-state index in [1.54, 1.807) is 18.1 Å². The van der Waals surface area contributed by atoms with E-state index in [1.807, 2.05) is 29.2 Å². The van der Waals surface area contributed by atoms with Gasteiger partial charge in [-0.05, 0) is 36.7 Å². The van der Waals surface area contributed by atoms with Gasteiger partial charge in [-0.15, -0.1) is 0 Å². The van der Waals surface area contributed by atoms with Crippen LogP contribution < -0.4 is 4.74 Å². The molecule has 0 atom stereocenters. The molecule has 0 spiro atoms. The Kier molecular flexibility index (Phi) is 8.27. The van der Waals surface area contributed by atoms with E-state index in [4.69, 9.17) is 9.26 Å². The minimum Gasteiger partial charge on any atom is -0.497 e. The highest BCUT2D eigenvalue weighted by Crippen LogP contribution is 2.23. The standard InChI is InChI=1S/C24H34N4O4/c1-5-26-12-14-27(15-13-26)23(29)10-11-28(17-18(2)3)24(30)21-16-22(32-25-21)19-6-8-20(31-4)9-7-19/h6-9,16,18H,5,10-15,17H2,1-4H3. The molecule has 1 aromatic carbocycles. The molecule has 1 aliphatic rings. The number of nitrogens with zero attached hydrogens (tertiary/aromatic N) is 4. The molecule has 1 aromatic heterocycles. The minimum atomic E-state index is -0.217. The molecule has 3 rings (SSSR count). The SMILES string of the molecule is CCN1CCN(C(=O)CCN(CC(C)C)C(=O)c2cc(-c3ccc(OC)cc3)on2)CC1. The lowest BCUT2D eigenvalue weighted by atomic mass is 10.1. The summed E-state index contributed by atoms with van der Waals surface area (Å²) in [7, 11) is 1.61. The molecule has 0 aliphatic carbocycles. The van der Waals surface area contributed by atoms with Gasteiger partial charge in [-0.1, -0.05) is 25.9 Å². The van der Waals surface area contributed by atoms with Crippen LogP contribution in [0.4, 0.5) is 0 Å². The Labute approximate surface area is 190 Å². The molecule has 8 heteroatoms. The van der Waals surface area contributed by atoms with Crippen LogP contribution in [-0.2, 0) is 4.79 Å². The molecule has 0 bridgehead atoms. The van der Waals surface area contributed by atoms with Crippen molar-refractivity contribution in [3.8, 4) is 17.1 Å². The lowest BCUT2D eigenvalue weighted by molar-refractivity contribution is -0.133. The zero-order chi connectivity index (χ0) is 23.1. The van der Waals surface area contributed by atoms with Gasteiger partial charge in [0.05, 0.1) is 7.11 Å². The fourth-order valence-corrected chi connectivity index (χ4v) is 3.85. The van der Waals surface area contributed by atoms with E-state index in [9.17, 15) is 9.59 Å². The van der Waals surface area contributed by atoms with Gasteiger partial charge in [-0.2, -0.15) is 0 Å². The number of carbonyl (C=O) groups is 2. The predicted octanol–water partition coefficient (Wildman–Crippen LogP) is 3.00. The predicted molar refractivity (Wildman–Crippen MR) is 123 cm³/mol. The number of hydrogen-bond donors (Lipinski definition) is 0. The van der Waals surface area contributed by atoms with Gasteiger partial charge in [0.1, 0.15) is 5.75 Å². The van der Waals surface area contributed by atoms with Crippen LogP contribution in [0.25, 0.3) is 11.3 Å². The highest BCUT2D eigenvalue weighted by Gasteiger charge is 2.24. The molecule has 8 nitrogen and oxygen atoms in total. The molecule has 1 saturated heterocycles.